The maximum atomic E-state index is 11.9. The highest BCUT2D eigenvalue weighted by molar-refractivity contribution is 5.85. The summed E-state index contributed by atoms with van der Waals surface area (Å²) in [6.45, 7) is 4.73. The van der Waals surface area contributed by atoms with E-state index >= 15 is 0 Å². The predicted molar refractivity (Wildman–Crippen MR) is 75.0 cm³/mol. The summed E-state index contributed by atoms with van der Waals surface area (Å²) >= 11 is 0. The van der Waals surface area contributed by atoms with Crippen LogP contribution in [0.4, 0.5) is 11.6 Å². The van der Waals surface area contributed by atoms with Gasteiger partial charge in [0.15, 0.2) is 0 Å². The summed E-state index contributed by atoms with van der Waals surface area (Å²) < 4.78 is 0. The lowest BCUT2D eigenvalue weighted by Crippen LogP contribution is -2.42. The molecule has 104 valence electrons. The van der Waals surface area contributed by atoms with E-state index in [-0.39, 0.29) is 11.9 Å². The zero-order chi connectivity index (χ0) is 14.0. The second-order valence-corrected chi connectivity index (χ2v) is 4.79. The fraction of sp³-hybridized carbons (Fsp3) is 0.615. The molecule has 6 nitrogen and oxygen atoms in total. The van der Waals surface area contributed by atoms with E-state index in [0.29, 0.717) is 5.82 Å². The Labute approximate surface area is 113 Å². The second kappa shape index (κ2) is 5.42. The van der Waals surface area contributed by atoms with Crippen LogP contribution >= 0.6 is 0 Å². The molecule has 1 fully saturated rings. The van der Waals surface area contributed by atoms with Gasteiger partial charge in [-0.05, 0) is 19.8 Å². The summed E-state index contributed by atoms with van der Waals surface area (Å²) in [6.07, 6.45) is 2.57. The third-order valence-corrected chi connectivity index (χ3v) is 3.59. The maximum absolute atomic E-state index is 11.9. The van der Waals surface area contributed by atoms with E-state index in [2.05, 4.69) is 15.3 Å². The van der Waals surface area contributed by atoms with Crippen LogP contribution in [0.25, 0.3) is 0 Å². The first-order chi connectivity index (χ1) is 9.08. The second-order valence-electron chi connectivity index (χ2n) is 4.79. The topological polar surface area (TPSA) is 84.1 Å². The van der Waals surface area contributed by atoms with Gasteiger partial charge in [-0.15, -0.1) is 0 Å². The Morgan fingerprint density at radius 3 is 2.89 bits per heavy atom. The monoisotopic (exact) mass is 263 g/mol. The lowest BCUT2D eigenvalue weighted by molar-refractivity contribution is -0.121. The zero-order valence-corrected chi connectivity index (χ0v) is 11.7. The van der Waals surface area contributed by atoms with Crippen molar-refractivity contribution in [2.45, 2.75) is 39.2 Å². The van der Waals surface area contributed by atoms with Crippen molar-refractivity contribution in [3.8, 4) is 0 Å². The Hall–Kier alpha value is -1.85. The highest BCUT2D eigenvalue weighted by atomic mass is 16.2. The number of amides is 1. The normalized spacial score (nSPS) is 18.7. The van der Waals surface area contributed by atoms with Gasteiger partial charge in [0.2, 0.25) is 5.91 Å². The number of hydrogen-bond acceptors (Lipinski definition) is 5. The predicted octanol–water partition coefficient (Wildman–Crippen LogP) is 0.644. The maximum Gasteiger partial charge on any atom is 0.242 e. The van der Waals surface area contributed by atoms with Crippen LogP contribution < -0.4 is 16.0 Å². The molecule has 1 unspecified atom stereocenters. The number of aryl methyl sites for hydroxylation is 1. The molecule has 1 saturated heterocycles. The van der Waals surface area contributed by atoms with Crippen molar-refractivity contribution >= 4 is 17.5 Å². The molecule has 0 spiro atoms. The SMILES string of the molecule is CCc1nc(N)c(C)c(N2CCCC2C(=O)NC)n1. The van der Waals surface area contributed by atoms with E-state index in [0.717, 1.165) is 43.0 Å². The molecule has 0 bridgehead atoms. The number of nitrogens with zero attached hydrogens (tertiary/aromatic N) is 3. The lowest BCUT2D eigenvalue weighted by Gasteiger charge is -2.26. The quantitative estimate of drug-likeness (QED) is 0.836. The summed E-state index contributed by atoms with van der Waals surface area (Å²) in [6, 6.07) is -0.150. The number of carbonyl (C=O) groups excluding carboxylic acids is 1. The number of nitrogens with two attached hydrogens (primary N) is 1. The summed E-state index contributed by atoms with van der Waals surface area (Å²) in [5.41, 5.74) is 6.79. The third-order valence-electron chi connectivity index (χ3n) is 3.59. The molecule has 3 N–H and O–H groups in total. The van der Waals surface area contributed by atoms with Crippen LogP contribution in [0.1, 0.15) is 31.2 Å². The van der Waals surface area contributed by atoms with Crippen molar-refractivity contribution in [2.75, 3.05) is 24.2 Å². The van der Waals surface area contributed by atoms with Gasteiger partial charge in [0.25, 0.3) is 0 Å². The Bertz CT molecular complexity index is 488. The molecule has 0 aliphatic carbocycles. The minimum atomic E-state index is -0.150. The van der Waals surface area contributed by atoms with Crippen molar-refractivity contribution in [1.29, 1.82) is 0 Å². The first-order valence-corrected chi connectivity index (χ1v) is 6.69. The third kappa shape index (κ3) is 2.47. The van der Waals surface area contributed by atoms with Crippen LogP contribution in [-0.2, 0) is 11.2 Å². The molecule has 1 aliphatic heterocycles. The minimum absolute atomic E-state index is 0.0344. The van der Waals surface area contributed by atoms with E-state index in [1.54, 1.807) is 7.05 Å². The van der Waals surface area contributed by atoms with E-state index in [9.17, 15) is 4.79 Å². The van der Waals surface area contributed by atoms with Crippen molar-refractivity contribution in [1.82, 2.24) is 15.3 Å². The first kappa shape index (κ1) is 13.6. The molecule has 0 aromatic carbocycles. The van der Waals surface area contributed by atoms with Crippen molar-refractivity contribution in [3.63, 3.8) is 0 Å². The average Bonchev–Trinajstić information content (AvgIpc) is 2.89. The van der Waals surface area contributed by atoms with Gasteiger partial charge in [-0.2, -0.15) is 0 Å². The molecule has 19 heavy (non-hydrogen) atoms. The molecule has 0 saturated carbocycles. The Morgan fingerprint density at radius 1 is 1.53 bits per heavy atom. The molecule has 1 aromatic rings. The number of hydrogen-bond donors (Lipinski definition) is 2. The number of nitrogens with one attached hydrogen (secondary N) is 1. The molecule has 6 heteroatoms. The van der Waals surface area contributed by atoms with E-state index in [4.69, 9.17) is 5.73 Å². The van der Waals surface area contributed by atoms with Crippen molar-refractivity contribution in [3.05, 3.63) is 11.4 Å². The van der Waals surface area contributed by atoms with Gasteiger partial charge in [-0.3, -0.25) is 4.79 Å². The molecule has 0 radical (unpaired) electrons. The number of rotatable bonds is 3. The smallest absolute Gasteiger partial charge is 0.242 e. The summed E-state index contributed by atoms with van der Waals surface area (Å²) in [5, 5.41) is 2.71. The van der Waals surface area contributed by atoms with Gasteiger partial charge in [0.05, 0.1) is 0 Å². The molecule has 2 rings (SSSR count). The van der Waals surface area contributed by atoms with Gasteiger partial charge >= 0.3 is 0 Å². The van der Waals surface area contributed by atoms with Gasteiger partial charge < -0.3 is 16.0 Å². The van der Waals surface area contributed by atoms with Gasteiger partial charge in [0.1, 0.15) is 23.5 Å². The summed E-state index contributed by atoms with van der Waals surface area (Å²) in [7, 11) is 1.66. The number of aromatic nitrogens is 2. The molecule has 1 aromatic heterocycles. The highest BCUT2D eigenvalue weighted by Crippen LogP contribution is 2.29. The van der Waals surface area contributed by atoms with Gasteiger partial charge in [0, 0.05) is 25.6 Å². The standard InChI is InChI=1S/C13H21N5O/c1-4-10-16-11(14)8(2)12(17-10)18-7-5-6-9(18)13(19)15-3/h9H,4-7H2,1-3H3,(H,15,19)(H2,14,16,17). The van der Waals surface area contributed by atoms with E-state index in [1.165, 1.54) is 0 Å². The van der Waals surface area contributed by atoms with E-state index in [1.807, 2.05) is 18.7 Å². The Balaban J connectivity index is 2.40. The minimum Gasteiger partial charge on any atom is -0.383 e. The van der Waals surface area contributed by atoms with Crippen LogP contribution in [0.15, 0.2) is 0 Å². The van der Waals surface area contributed by atoms with Crippen LogP contribution in [0, 0.1) is 6.92 Å². The number of carbonyl (C=O) groups is 1. The van der Waals surface area contributed by atoms with Crippen molar-refractivity contribution < 1.29 is 4.79 Å². The molecule has 1 aliphatic rings. The molecular formula is C13H21N5O. The Kier molecular flexibility index (Phi) is 3.87. The van der Waals surface area contributed by atoms with Crippen LogP contribution in [0.2, 0.25) is 0 Å². The largest absolute Gasteiger partial charge is 0.383 e. The molecular weight excluding hydrogens is 242 g/mol. The highest BCUT2D eigenvalue weighted by Gasteiger charge is 2.32. The fourth-order valence-electron chi connectivity index (χ4n) is 2.47. The van der Waals surface area contributed by atoms with Crippen LogP contribution in [-0.4, -0.2) is 35.5 Å². The van der Waals surface area contributed by atoms with Crippen LogP contribution in [0.5, 0.6) is 0 Å². The molecule has 1 amide bonds. The van der Waals surface area contributed by atoms with Gasteiger partial charge in [-0.25, -0.2) is 9.97 Å². The van der Waals surface area contributed by atoms with Gasteiger partial charge in [-0.1, -0.05) is 6.92 Å². The van der Waals surface area contributed by atoms with Crippen molar-refractivity contribution in [2.24, 2.45) is 0 Å². The number of likely N-dealkylation sites (N-methyl/N-ethyl adjacent to an activating group) is 1. The molecule has 1 atom stereocenters. The van der Waals surface area contributed by atoms with E-state index < -0.39 is 0 Å². The number of anilines is 2. The fourth-order valence-corrected chi connectivity index (χ4v) is 2.47. The summed E-state index contributed by atoms with van der Waals surface area (Å²) in [5.74, 6) is 2.06. The Morgan fingerprint density at radius 2 is 2.26 bits per heavy atom. The van der Waals surface area contributed by atoms with Crippen LogP contribution in [0.3, 0.4) is 0 Å². The summed E-state index contributed by atoms with van der Waals surface area (Å²) in [4.78, 5) is 22.8. The lowest BCUT2D eigenvalue weighted by atomic mass is 10.2. The zero-order valence-electron chi connectivity index (χ0n) is 11.7. The first-order valence-electron chi connectivity index (χ1n) is 6.69. The average molecular weight is 263 g/mol. The number of nitrogen functional groups attached to an aromatic ring is 1. The molecule has 2 heterocycles.